The van der Waals surface area contributed by atoms with E-state index in [1.807, 2.05) is 5.43 Å². The minimum atomic E-state index is -4.48. The first-order chi connectivity index (χ1) is 13.7. The number of methoxy groups -OCH3 is 1. The number of nitrogen functional groups attached to an aromatic ring is 1. The third-order valence-corrected chi connectivity index (χ3v) is 4.71. The standard InChI is InChI=1S/C19H20F3N3O4/c1-3-29-18(27)14-6-11(9-19(20,21)22)16-12-8-13(17(26)24-23)15(28-2)7-10(12)4-5-25(14)16/h6-8H,3-5,9,23H2,1-2H3,(H,24,26). The number of hydrogen-bond acceptors (Lipinski definition) is 5. The lowest BCUT2D eigenvalue weighted by molar-refractivity contribution is -0.127. The predicted molar refractivity (Wildman–Crippen MR) is 97.5 cm³/mol. The zero-order valence-electron chi connectivity index (χ0n) is 15.9. The normalized spacial score (nSPS) is 12.8. The monoisotopic (exact) mass is 411 g/mol. The Labute approximate surface area is 164 Å². The Morgan fingerprint density at radius 1 is 1.28 bits per heavy atom. The van der Waals surface area contributed by atoms with Crippen molar-refractivity contribution in [3.8, 4) is 17.0 Å². The third kappa shape index (κ3) is 3.93. The molecule has 2 heterocycles. The Kier molecular flexibility index (Phi) is 5.56. The summed E-state index contributed by atoms with van der Waals surface area (Å²) in [5, 5.41) is 0. The van der Waals surface area contributed by atoms with Gasteiger partial charge < -0.3 is 14.0 Å². The Balaban J connectivity index is 2.25. The van der Waals surface area contributed by atoms with Crippen LogP contribution in [0.1, 0.15) is 38.9 Å². The fraction of sp³-hybridized carbons (Fsp3) is 0.368. The molecule has 29 heavy (non-hydrogen) atoms. The highest BCUT2D eigenvalue weighted by Gasteiger charge is 2.34. The minimum absolute atomic E-state index is 0.0485. The average Bonchev–Trinajstić information content (AvgIpc) is 3.03. The summed E-state index contributed by atoms with van der Waals surface area (Å²) in [6, 6.07) is 4.26. The van der Waals surface area contributed by atoms with Crippen LogP contribution in [-0.4, -0.2) is 36.3 Å². The SMILES string of the molecule is CCOC(=O)c1cc(CC(F)(F)F)c2n1CCc1cc(OC)c(C(=O)NN)cc1-2. The molecule has 0 saturated heterocycles. The van der Waals surface area contributed by atoms with Crippen LogP contribution in [0.25, 0.3) is 11.3 Å². The first-order valence-electron chi connectivity index (χ1n) is 8.88. The maximum absolute atomic E-state index is 13.2. The third-order valence-electron chi connectivity index (χ3n) is 4.71. The number of alkyl halides is 3. The van der Waals surface area contributed by atoms with E-state index >= 15 is 0 Å². The van der Waals surface area contributed by atoms with Crippen LogP contribution in [0.15, 0.2) is 18.2 Å². The van der Waals surface area contributed by atoms with Gasteiger partial charge in [-0.15, -0.1) is 0 Å². The van der Waals surface area contributed by atoms with Crippen LogP contribution < -0.4 is 16.0 Å². The number of nitrogens with one attached hydrogen (secondary N) is 1. The molecule has 1 aromatic heterocycles. The van der Waals surface area contributed by atoms with Crippen molar-refractivity contribution in [2.24, 2.45) is 5.84 Å². The molecule has 0 saturated carbocycles. The number of amides is 1. The summed E-state index contributed by atoms with van der Waals surface area (Å²) in [6.45, 7) is 2.01. The van der Waals surface area contributed by atoms with Crippen LogP contribution in [0.2, 0.25) is 0 Å². The molecule has 0 aliphatic carbocycles. The van der Waals surface area contributed by atoms with Gasteiger partial charge in [0.05, 0.1) is 31.4 Å². The molecule has 3 N–H and O–H groups in total. The number of nitrogens with two attached hydrogens (primary N) is 1. The molecule has 7 nitrogen and oxygen atoms in total. The summed E-state index contributed by atoms with van der Waals surface area (Å²) in [5.74, 6) is 4.14. The van der Waals surface area contributed by atoms with Crippen molar-refractivity contribution in [1.82, 2.24) is 9.99 Å². The van der Waals surface area contributed by atoms with Gasteiger partial charge in [-0.1, -0.05) is 0 Å². The van der Waals surface area contributed by atoms with Gasteiger partial charge in [-0.2, -0.15) is 13.2 Å². The van der Waals surface area contributed by atoms with E-state index in [1.165, 1.54) is 23.8 Å². The summed E-state index contributed by atoms with van der Waals surface area (Å²) >= 11 is 0. The van der Waals surface area contributed by atoms with E-state index in [0.29, 0.717) is 24.1 Å². The number of benzene rings is 1. The van der Waals surface area contributed by atoms with E-state index in [-0.39, 0.29) is 34.9 Å². The molecule has 0 atom stereocenters. The minimum Gasteiger partial charge on any atom is -0.496 e. The van der Waals surface area contributed by atoms with E-state index in [4.69, 9.17) is 15.3 Å². The van der Waals surface area contributed by atoms with Gasteiger partial charge in [0.15, 0.2) is 0 Å². The Hall–Kier alpha value is -3.01. The zero-order chi connectivity index (χ0) is 21.3. The Morgan fingerprint density at radius 3 is 2.59 bits per heavy atom. The van der Waals surface area contributed by atoms with E-state index in [1.54, 1.807) is 13.0 Å². The topological polar surface area (TPSA) is 95.6 Å². The smallest absolute Gasteiger partial charge is 0.393 e. The molecule has 156 valence electrons. The van der Waals surface area contributed by atoms with Crippen LogP contribution in [0.4, 0.5) is 13.2 Å². The second kappa shape index (κ2) is 7.78. The lowest BCUT2D eigenvalue weighted by atomic mass is 9.92. The zero-order valence-corrected chi connectivity index (χ0v) is 15.9. The number of ether oxygens (including phenoxy) is 2. The molecule has 0 radical (unpaired) electrons. The Bertz CT molecular complexity index is 967. The van der Waals surface area contributed by atoms with Crippen LogP contribution in [0.5, 0.6) is 5.75 Å². The van der Waals surface area contributed by atoms with E-state index in [2.05, 4.69) is 0 Å². The summed E-state index contributed by atoms with van der Waals surface area (Å²) in [6.07, 6.45) is -5.25. The molecule has 2 aromatic rings. The van der Waals surface area contributed by atoms with Crippen molar-refractivity contribution in [3.63, 3.8) is 0 Å². The molecule has 10 heteroatoms. The van der Waals surface area contributed by atoms with E-state index in [0.717, 1.165) is 0 Å². The van der Waals surface area contributed by atoms with Crippen LogP contribution in [-0.2, 0) is 24.1 Å². The van der Waals surface area contributed by atoms with Crippen molar-refractivity contribution >= 4 is 11.9 Å². The molecule has 1 aromatic carbocycles. The average molecular weight is 411 g/mol. The first kappa shape index (κ1) is 20.7. The largest absolute Gasteiger partial charge is 0.496 e. The van der Waals surface area contributed by atoms with Crippen LogP contribution in [0, 0.1) is 0 Å². The predicted octanol–water partition coefficient (Wildman–Crippen LogP) is 2.60. The highest BCUT2D eigenvalue weighted by atomic mass is 19.4. The number of nitrogens with zero attached hydrogens (tertiary/aromatic N) is 1. The quantitative estimate of drug-likeness (QED) is 0.341. The number of carbonyl (C=O) groups excluding carboxylic acids is 2. The maximum Gasteiger partial charge on any atom is 0.393 e. The molecule has 3 rings (SSSR count). The molecule has 1 amide bonds. The second-order valence-corrected chi connectivity index (χ2v) is 6.50. The molecule has 0 unspecified atom stereocenters. The number of esters is 1. The number of carbonyl (C=O) groups is 2. The van der Waals surface area contributed by atoms with Gasteiger partial charge in [0, 0.05) is 12.1 Å². The summed E-state index contributed by atoms with van der Waals surface area (Å²) in [5.41, 5.74) is 3.43. The van der Waals surface area contributed by atoms with E-state index < -0.39 is 24.5 Å². The van der Waals surface area contributed by atoms with Gasteiger partial charge in [0.1, 0.15) is 11.4 Å². The van der Waals surface area contributed by atoms with Crippen molar-refractivity contribution in [1.29, 1.82) is 0 Å². The number of halogens is 3. The molecule has 0 fully saturated rings. The second-order valence-electron chi connectivity index (χ2n) is 6.50. The van der Waals surface area contributed by atoms with Gasteiger partial charge in [-0.3, -0.25) is 10.2 Å². The molecule has 1 aliphatic rings. The first-order valence-corrected chi connectivity index (χ1v) is 8.88. The van der Waals surface area contributed by atoms with Gasteiger partial charge in [-0.25, -0.2) is 10.6 Å². The van der Waals surface area contributed by atoms with Crippen LogP contribution in [0.3, 0.4) is 0 Å². The number of aryl methyl sites for hydroxylation is 1. The van der Waals surface area contributed by atoms with Crippen LogP contribution >= 0.6 is 0 Å². The van der Waals surface area contributed by atoms with Gasteiger partial charge >= 0.3 is 12.1 Å². The van der Waals surface area contributed by atoms with Crippen molar-refractivity contribution in [2.45, 2.75) is 32.5 Å². The summed E-state index contributed by atoms with van der Waals surface area (Å²) < 4.78 is 51.3. The number of rotatable bonds is 5. The number of hydrazine groups is 1. The lowest BCUT2D eigenvalue weighted by Crippen LogP contribution is -2.30. The van der Waals surface area contributed by atoms with Gasteiger partial charge in [0.2, 0.25) is 0 Å². The van der Waals surface area contributed by atoms with Crippen molar-refractivity contribution in [2.75, 3.05) is 13.7 Å². The molecule has 1 aliphatic heterocycles. The molecule has 0 spiro atoms. The highest BCUT2D eigenvalue weighted by molar-refractivity contribution is 5.99. The Morgan fingerprint density at radius 2 is 2.00 bits per heavy atom. The molecular formula is C19H20F3N3O4. The van der Waals surface area contributed by atoms with Crippen molar-refractivity contribution in [3.05, 3.63) is 40.6 Å². The van der Waals surface area contributed by atoms with Gasteiger partial charge in [-0.05, 0) is 42.7 Å². The number of hydrogen-bond donors (Lipinski definition) is 2. The number of aromatic nitrogens is 1. The fourth-order valence-corrected chi connectivity index (χ4v) is 3.59. The summed E-state index contributed by atoms with van der Waals surface area (Å²) in [4.78, 5) is 24.4. The highest BCUT2D eigenvalue weighted by Crippen LogP contribution is 2.40. The van der Waals surface area contributed by atoms with Gasteiger partial charge in [0.25, 0.3) is 5.91 Å². The molecular weight excluding hydrogens is 391 g/mol. The lowest BCUT2D eigenvalue weighted by Gasteiger charge is -2.24. The van der Waals surface area contributed by atoms with Crippen molar-refractivity contribution < 1.29 is 32.2 Å². The molecule has 0 bridgehead atoms. The fourth-order valence-electron chi connectivity index (χ4n) is 3.59. The summed E-state index contributed by atoms with van der Waals surface area (Å²) in [7, 11) is 1.38. The maximum atomic E-state index is 13.2. The van der Waals surface area contributed by atoms with E-state index in [9.17, 15) is 22.8 Å². The number of fused-ring (bicyclic) bond motifs is 3.